The third-order valence-corrected chi connectivity index (χ3v) is 6.76. The summed E-state index contributed by atoms with van der Waals surface area (Å²) >= 11 is 5.11. The molecule has 1 amide bonds. The lowest BCUT2D eigenvalue weighted by Gasteiger charge is -2.36. The first-order valence-electron chi connectivity index (χ1n) is 10.5. The first kappa shape index (κ1) is 23.3. The molecule has 1 aliphatic heterocycles. The first-order valence-corrected chi connectivity index (χ1v) is 12.6. The maximum Gasteiger partial charge on any atom is 0.230 e. The Morgan fingerprint density at radius 3 is 2.60 bits per heavy atom. The van der Waals surface area contributed by atoms with Crippen LogP contribution < -0.4 is 5.32 Å². The summed E-state index contributed by atoms with van der Waals surface area (Å²) in [6.45, 7) is 7.16. The van der Waals surface area contributed by atoms with Crippen LogP contribution in [0, 0.1) is 5.92 Å². The van der Waals surface area contributed by atoms with Crippen LogP contribution in [0.5, 0.6) is 0 Å². The van der Waals surface area contributed by atoms with Crippen molar-refractivity contribution in [1.29, 1.82) is 0 Å². The number of carbonyl (C=O) groups is 1. The minimum absolute atomic E-state index is 0.0987. The number of hydrogen-bond donors (Lipinski definition) is 1. The number of hydrogen-bond acceptors (Lipinski definition) is 5. The van der Waals surface area contributed by atoms with Gasteiger partial charge >= 0.3 is 0 Å². The van der Waals surface area contributed by atoms with Crippen molar-refractivity contribution in [2.24, 2.45) is 5.92 Å². The number of aryl methyl sites for hydroxylation is 1. The van der Waals surface area contributed by atoms with Crippen molar-refractivity contribution in [3.8, 4) is 0 Å². The van der Waals surface area contributed by atoms with E-state index in [2.05, 4.69) is 49.9 Å². The summed E-state index contributed by atoms with van der Waals surface area (Å²) in [5.74, 6) is 1.63. The predicted molar refractivity (Wildman–Crippen MR) is 124 cm³/mol. The van der Waals surface area contributed by atoms with E-state index in [1.165, 1.54) is 0 Å². The van der Waals surface area contributed by atoms with Gasteiger partial charge in [0.2, 0.25) is 5.91 Å². The average molecular weight is 495 g/mol. The number of benzene rings is 1. The number of halogens is 1. The molecule has 0 spiro atoms. The third-order valence-electron chi connectivity index (χ3n) is 5.56. The fourth-order valence-corrected chi connectivity index (χ4v) is 4.74. The Morgan fingerprint density at radius 2 is 1.97 bits per heavy atom. The van der Waals surface area contributed by atoms with Crippen LogP contribution >= 0.6 is 27.7 Å². The lowest BCUT2D eigenvalue weighted by atomic mass is 9.73. The van der Waals surface area contributed by atoms with Gasteiger partial charge in [0.05, 0.1) is 5.41 Å². The second-order valence-corrected chi connectivity index (χ2v) is 9.86. The van der Waals surface area contributed by atoms with Crippen molar-refractivity contribution in [3.63, 3.8) is 0 Å². The highest BCUT2D eigenvalue weighted by Gasteiger charge is 2.41. The van der Waals surface area contributed by atoms with E-state index in [0.717, 1.165) is 40.4 Å². The minimum Gasteiger partial charge on any atom is -0.381 e. The molecule has 8 heteroatoms. The van der Waals surface area contributed by atoms with Gasteiger partial charge in [0.15, 0.2) is 5.16 Å². The number of thioether (sulfide) groups is 1. The predicted octanol–water partition coefficient (Wildman–Crippen LogP) is 4.22. The number of aromatic nitrogens is 3. The zero-order valence-electron chi connectivity index (χ0n) is 18.0. The lowest BCUT2D eigenvalue weighted by molar-refractivity contribution is -0.130. The van der Waals surface area contributed by atoms with Gasteiger partial charge in [-0.2, -0.15) is 0 Å². The molecule has 0 atom stereocenters. The zero-order valence-corrected chi connectivity index (χ0v) is 20.4. The molecule has 6 nitrogen and oxygen atoms in total. The van der Waals surface area contributed by atoms with E-state index in [1.807, 2.05) is 30.5 Å². The van der Waals surface area contributed by atoms with E-state index in [4.69, 9.17) is 4.74 Å². The van der Waals surface area contributed by atoms with E-state index >= 15 is 0 Å². The third kappa shape index (κ3) is 5.45. The van der Waals surface area contributed by atoms with Crippen LogP contribution in [0.4, 0.5) is 0 Å². The van der Waals surface area contributed by atoms with Gasteiger partial charge in [-0.15, -0.1) is 10.2 Å². The van der Waals surface area contributed by atoms with E-state index < -0.39 is 5.41 Å². The Labute approximate surface area is 191 Å². The molecule has 0 bridgehead atoms. The Balaban J connectivity index is 1.62. The summed E-state index contributed by atoms with van der Waals surface area (Å²) in [5, 5.41) is 12.8. The van der Waals surface area contributed by atoms with Gasteiger partial charge in [0.1, 0.15) is 5.82 Å². The zero-order chi connectivity index (χ0) is 21.6. The molecule has 1 fully saturated rings. The number of amides is 1. The van der Waals surface area contributed by atoms with E-state index in [1.54, 1.807) is 11.8 Å². The van der Waals surface area contributed by atoms with Crippen LogP contribution in [-0.4, -0.2) is 46.7 Å². The highest BCUT2D eigenvalue weighted by atomic mass is 79.9. The maximum absolute atomic E-state index is 13.3. The number of rotatable bonds is 9. The molecule has 3 rings (SSSR count). The number of nitrogens with zero attached hydrogens (tertiary/aromatic N) is 3. The Bertz CT molecular complexity index is 832. The highest BCUT2D eigenvalue weighted by Crippen LogP contribution is 2.35. The molecule has 164 valence electrons. The van der Waals surface area contributed by atoms with Gasteiger partial charge in [-0.1, -0.05) is 53.7 Å². The first-order chi connectivity index (χ1) is 14.5. The van der Waals surface area contributed by atoms with E-state index in [9.17, 15) is 4.79 Å². The molecular formula is C22H31BrN4O2S. The maximum atomic E-state index is 13.3. The van der Waals surface area contributed by atoms with Crippen LogP contribution in [0.2, 0.25) is 0 Å². The van der Waals surface area contributed by atoms with Gasteiger partial charge < -0.3 is 14.6 Å². The fraction of sp³-hybridized carbons (Fsp3) is 0.591. The molecule has 30 heavy (non-hydrogen) atoms. The van der Waals surface area contributed by atoms with Gasteiger partial charge in [0, 0.05) is 37.2 Å². The summed E-state index contributed by atoms with van der Waals surface area (Å²) < 4.78 is 8.78. The highest BCUT2D eigenvalue weighted by molar-refractivity contribution is 9.10. The molecule has 0 unspecified atom stereocenters. The van der Waals surface area contributed by atoms with Crippen molar-refractivity contribution < 1.29 is 9.53 Å². The van der Waals surface area contributed by atoms with Crippen LogP contribution in [0.15, 0.2) is 33.9 Å². The van der Waals surface area contributed by atoms with Crippen LogP contribution in [0.25, 0.3) is 0 Å². The second-order valence-electron chi connectivity index (χ2n) is 8.17. The quantitative estimate of drug-likeness (QED) is 0.417. The van der Waals surface area contributed by atoms with Crippen molar-refractivity contribution in [2.75, 3.05) is 26.0 Å². The molecule has 1 saturated heterocycles. The van der Waals surface area contributed by atoms with Crippen LogP contribution in [-0.2, 0) is 27.9 Å². The number of carbonyl (C=O) groups excluding carboxylic acids is 1. The fourth-order valence-electron chi connectivity index (χ4n) is 3.96. The van der Waals surface area contributed by atoms with Gasteiger partial charge in [-0.3, -0.25) is 4.79 Å². The summed E-state index contributed by atoms with van der Waals surface area (Å²) in [5.41, 5.74) is 0.551. The van der Waals surface area contributed by atoms with Crippen molar-refractivity contribution >= 4 is 33.6 Å². The molecule has 0 aliphatic carbocycles. The number of nitrogens with one attached hydrogen (secondary N) is 1. The summed E-state index contributed by atoms with van der Waals surface area (Å²) in [4.78, 5) is 13.3. The van der Waals surface area contributed by atoms with Crippen molar-refractivity contribution in [3.05, 3.63) is 40.1 Å². The summed E-state index contributed by atoms with van der Waals surface area (Å²) in [6, 6.07) is 8.11. The van der Waals surface area contributed by atoms with E-state index in [0.29, 0.717) is 38.5 Å². The van der Waals surface area contributed by atoms with Gasteiger partial charge in [-0.05, 0) is 49.1 Å². The molecular weight excluding hydrogens is 464 g/mol. The summed E-state index contributed by atoms with van der Waals surface area (Å²) in [6.07, 6.45) is 5.08. The van der Waals surface area contributed by atoms with Gasteiger partial charge in [-0.25, -0.2) is 0 Å². The molecule has 2 aromatic rings. The molecule has 1 N–H and O–H groups in total. The van der Waals surface area contributed by atoms with Crippen molar-refractivity contribution in [2.45, 2.75) is 56.6 Å². The molecule has 1 aromatic heterocycles. The van der Waals surface area contributed by atoms with Crippen molar-refractivity contribution in [1.82, 2.24) is 20.1 Å². The van der Waals surface area contributed by atoms with E-state index in [-0.39, 0.29) is 5.91 Å². The normalized spacial score (nSPS) is 16.0. The molecule has 0 saturated carbocycles. The molecule has 0 radical (unpaired) electrons. The lowest BCUT2D eigenvalue weighted by Crippen LogP contribution is -2.48. The second kappa shape index (κ2) is 10.8. The molecule has 1 aliphatic rings. The Morgan fingerprint density at radius 1 is 1.27 bits per heavy atom. The average Bonchev–Trinajstić information content (AvgIpc) is 3.12. The molecule has 1 aromatic carbocycles. The Kier molecular flexibility index (Phi) is 8.36. The smallest absolute Gasteiger partial charge is 0.230 e. The number of ether oxygens (including phenoxy) is 1. The topological polar surface area (TPSA) is 69.0 Å². The molecule has 2 heterocycles. The van der Waals surface area contributed by atoms with Crippen LogP contribution in [0.1, 0.15) is 44.5 Å². The largest absolute Gasteiger partial charge is 0.381 e. The summed E-state index contributed by atoms with van der Waals surface area (Å²) in [7, 11) is 0. The SMILES string of the molecule is CSc1nnc(CCCNC(=O)C2(c3ccc(Br)cc3)CCOCC2)n1CC(C)C. The minimum atomic E-state index is -0.511. The standard InChI is InChI=1S/C22H31BrN4O2S/c1-16(2)15-27-19(25-26-21(27)30-3)5-4-12-24-20(28)22(10-13-29-14-11-22)17-6-8-18(23)9-7-17/h6-9,16H,4-5,10-15H2,1-3H3,(H,24,28). The van der Waals surface area contributed by atoms with Gasteiger partial charge in [0.25, 0.3) is 0 Å². The Hall–Kier alpha value is -1.38. The van der Waals surface area contributed by atoms with Crippen LogP contribution in [0.3, 0.4) is 0 Å². The monoisotopic (exact) mass is 494 g/mol.